The van der Waals surface area contributed by atoms with E-state index in [-0.39, 0.29) is 5.69 Å². The molecule has 0 fully saturated rings. The average molecular weight is 344 g/mol. The topological polar surface area (TPSA) is 105 Å². The van der Waals surface area contributed by atoms with Gasteiger partial charge in [0.05, 0.1) is 23.6 Å². The molecular formula is C16H16N4O3S. The number of hydrogen-bond donors (Lipinski definition) is 1. The standard InChI is InChI=1S/C16H16N4O3S/c1-23-9-10-6-11(20(21)22)2-3-14(10)19-5-4-12-13(7-17)16(18)24-15(12)8-19/h2-3,6H,4-5,8-9,18H2,1H3. The third-order valence-corrected chi connectivity index (χ3v) is 5.16. The summed E-state index contributed by atoms with van der Waals surface area (Å²) in [7, 11) is 1.57. The molecule has 124 valence electrons. The fourth-order valence-electron chi connectivity index (χ4n) is 3.02. The number of anilines is 2. The highest BCUT2D eigenvalue weighted by Crippen LogP contribution is 2.37. The molecule has 7 nitrogen and oxygen atoms in total. The quantitative estimate of drug-likeness (QED) is 0.675. The van der Waals surface area contributed by atoms with Crippen LogP contribution in [-0.4, -0.2) is 18.6 Å². The van der Waals surface area contributed by atoms with Crippen molar-refractivity contribution in [3.05, 3.63) is 49.9 Å². The number of nitriles is 1. The first kappa shape index (κ1) is 16.2. The summed E-state index contributed by atoms with van der Waals surface area (Å²) in [6.45, 7) is 1.67. The van der Waals surface area contributed by atoms with Crippen molar-refractivity contribution < 1.29 is 9.66 Å². The Hall–Kier alpha value is -2.63. The van der Waals surface area contributed by atoms with E-state index in [1.54, 1.807) is 19.2 Å². The first-order valence-electron chi connectivity index (χ1n) is 7.36. The molecule has 0 aliphatic carbocycles. The Labute approximate surface area is 143 Å². The van der Waals surface area contributed by atoms with Crippen LogP contribution in [0.25, 0.3) is 0 Å². The molecule has 2 heterocycles. The molecule has 8 heteroatoms. The molecule has 1 aliphatic heterocycles. The Morgan fingerprint density at radius 2 is 2.33 bits per heavy atom. The van der Waals surface area contributed by atoms with Crippen LogP contribution in [0.4, 0.5) is 16.4 Å². The molecule has 1 aromatic carbocycles. The zero-order valence-corrected chi connectivity index (χ0v) is 13.9. The molecule has 0 bridgehead atoms. The summed E-state index contributed by atoms with van der Waals surface area (Å²) in [6, 6.07) is 7.01. The maximum absolute atomic E-state index is 11.0. The van der Waals surface area contributed by atoms with Crippen LogP contribution in [-0.2, 0) is 24.3 Å². The van der Waals surface area contributed by atoms with Crippen LogP contribution >= 0.6 is 11.3 Å². The zero-order chi connectivity index (χ0) is 17.3. The summed E-state index contributed by atoms with van der Waals surface area (Å²) in [5.74, 6) is 0. The molecule has 0 saturated carbocycles. The summed E-state index contributed by atoms with van der Waals surface area (Å²) in [4.78, 5) is 13.8. The van der Waals surface area contributed by atoms with E-state index in [0.717, 1.165) is 34.7 Å². The molecule has 1 aromatic heterocycles. The van der Waals surface area contributed by atoms with Crippen molar-refractivity contribution in [2.75, 3.05) is 24.3 Å². The van der Waals surface area contributed by atoms with Gasteiger partial charge >= 0.3 is 0 Å². The van der Waals surface area contributed by atoms with Gasteiger partial charge in [-0.05, 0) is 18.1 Å². The second-order valence-corrected chi connectivity index (χ2v) is 6.67. The molecule has 0 amide bonds. The Kier molecular flexibility index (Phi) is 4.38. The van der Waals surface area contributed by atoms with Gasteiger partial charge in [0.1, 0.15) is 11.1 Å². The lowest BCUT2D eigenvalue weighted by Gasteiger charge is -2.30. The van der Waals surface area contributed by atoms with Crippen LogP contribution in [0, 0.1) is 21.4 Å². The molecule has 0 saturated heterocycles. The van der Waals surface area contributed by atoms with Crippen molar-refractivity contribution in [1.82, 2.24) is 0 Å². The van der Waals surface area contributed by atoms with Gasteiger partial charge in [0.2, 0.25) is 0 Å². The van der Waals surface area contributed by atoms with Gasteiger partial charge in [-0.25, -0.2) is 0 Å². The molecule has 1 aliphatic rings. The number of nitrogen functional groups attached to an aromatic ring is 1. The lowest BCUT2D eigenvalue weighted by atomic mass is 10.0. The van der Waals surface area contributed by atoms with E-state index in [9.17, 15) is 15.4 Å². The minimum atomic E-state index is -0.406. The molecule has 0 unspecified atom stereocenters. The van der Waals surface area contributed by atoms with Crippen LogP contribution in [0.1, 0.15) is 21.6 Å². The largest absolute Gasteiger partial charge is 0.389 e. The first-order valence-corrected chi connectivity index (χ1v) is 8.18. The summed E-state index contributed by atoms with van der Waals surface area (Å²) < 4.78 is 5.19. The number of methoxy groups -OCH3 is 1. The summed E-state index contributed by atoms with van der Waals surface area (Å²) in [5.41, 5.74) is 9.30. The maximum Gasteiger partial charge on any atom is 0.269 e. The predicted octanol–water partition coefficient (Wildman–Crippen LogP) is 2.82. The van der Waals surface area contributed by atoms with Crippen LogP contribution in [0.2, 0.25) is 0 Å². The molecule has 24 heavy (non-hydrogen) atoms. The van der Waals surface area contributed by atoms with E-state index in [1.807, 2.05) is 0 Å². The zero-order valence-electron chi connectivity index (χ0n) is 13.1. The van der Waals surface area contributed by atoms with Crippen LogP contribution in [0.15, 0.2) is 18.2 Å². The van der Waals surface area contributed by atoms with Crippen molar-refractivity contribution in [3.63, 3.8) is 0 Å². The second-order valence-electron chi connectivity index (χ2n) is 5.53. The van der Waals surface area contributed by atoms with Crippen molar-refractivity contribution in [1.29, 1.82) is 5.26 Å². The minimum Gasteiger partial charge on any atom is -0.389 e. The average Bonchev–Trinajstić information content (AvgIpc) is 2.89. The second kappa shape index (κ2) is 6.47. The van der Waals surface area contributed by atoms with Gasteiger partial charge in [-0.2, -0.15) is 5.26 Å². The number of fused-ring (bicyclic) bond motifs is 1. The van der Waals surface area contributed by atoms with Gasteiger partial charge in [-0.15, -0.1) is 11.3 Å². The van der Waals surface area contributed by atoms with Gasteiger partial charge in [0, 0.05) is 41.9 Å². The molecular weight excluding hydrogens is 328 g/mol. The number of non-ortho nitro benzene ring substituents is 1. The molecule has 3 rings (SSSR count). The monoisotopic (exact) mass is 344 g/mol. The third kappa shape index (κ3) is 2.79. The normalized spacial score (nSPS) is 13.4. The van der Waals surface area contributed by atoms with Crippen molar-refractivity contribution in [2.45, 2.75) is 19.6 Å². The summed E-state index contributed by atoms with van der Waals surface area (Å²) in [5, 5.41) is 20.8. The number of ether oxygens (including phenoxy) is 1. The van der Waals surface area contributed by atoms with Crippen LogP contribution < -0.4 is 10.6 Å². The van der Waals surface area contributed by atoms with E-state index in [2.05, 4.69) is 11.0 Å². The number of benzene rings is 1. The van der Waals surface area contributed by atoms with E-state index in [0.29, 0.717) is 23.7 Å². The highest BCUT2D eigenvalue weighted by atomic mass is 32.1. The van der Waals surface area contributed by atoms with Crippen LogP contribution in [0.5, 0.6) is 0 Å². The number of nitro benzene ring substituents is 1. The Balaban J connectivity index is 1.95. The number of thiophene rings is 1. The van der Waals surface area contributed by atoms with Gasteiger partial charge in [0.25, 0.3) is 5.69 Å². The number of nitro groups is 1. The Morgan fingerprint density at radius 3 is 3.00 bits per heavy atom. The number of hydrogen-bond acceptors (Lipinski definition) is 7. The Morgan fingerprint density at radius 1 is 1.54 bits per heavy atom. The van der Waals surface area contributed by atoms with Crippen molar-refractivity contribution in [3.8, 4) is 6.07 Å². The van der Waals surface area contributed by atoms with E-state index >= 15 is 0 Å². The lowest BCUT2D eigenvalue weighted by Crippen LogP contribution is -2.30. The molecule has 2 N–H and O–H groups in total. The molecule has 0 radical (unpaired) electrons. The minimum absolute atomic E-state index is 0.0515. The number of rotatable bonds is 4. The maximum atomic E-state index is 11.0. The SMILES string of the molecule is COCc1cc([N+](=O)[O-])ccc1N1CCc2c(sc(N)c2C#N)C1. The van der Waals surface area contributed by atoms with Gasteiger partial charge in [-0.1, -0.05) is 0 Å². The summed E-state index contributed by atoms with van der Waals surface area (Å²) in [6.07, 6.45) is 0.731. The predicted molar refractivity (Wildman–Crippen MR) is 92.0 cm³/mol. The third-order valence-electron chi connectivity index (χ3n) is 4.11. The molecule has 0 atom stereocenters. The smallest absolute Gasteiger partial charge is 0.269 e. The fourth-order valence-corrected chi connectivity index (χ4v) is 4.10. The fraction of sp³-hybridized carbons (Fsp3) is 0.312. The molecule has 2 aromatic rings. The first-order chi connectivity index (χ1) is 11.5. The van der Waals surface area contributed by atoms with E-state index < -0.39 is 4.92 Å². The summed E-state index contributed by atoms with van der Waals surface area (Å²) >= 11 is 1.44. The Bertz CT molecular complexity index is 841. The van der Waals surface area contributed by atoms with Gasteiger partial charge in [0.15, 0.2) is 0 Å². The van der Waals surface area contributed by atoms with Gasteiger partial charge in [-0.3, -0.25) is 10.1 Å². The molecule has 0 spiro atoms. The van der Waals surface area contributed by atoms with E-state index in [4.69, 9.17) is 10.5 Å². The van der Waals surface area contributed by atoms with Crippen molar-refractivity contribution >= 4 is 27.7 Å². The van der Waals surface area contributed by atoms with Gasteiger partial charge < -0.3 is 15.4 Å². The number of nitrogens with two attached hydrogens (primary N) is 1. The lowest BCUT2D eigenvalue weighted by molar-refractivity contribution is -0.384. The van der Waals surface area contributed by atoms with Crippen molar-refractivity contribution in [2.24, 2.45) is 0 Å². The van der Waals surface area contributed by atoms with Crippen LogP contribution in [0.3, 0.4) is 0 Å². The highest BCUT2D eigenvalue weighted by molar-refractivity contribution is 7.16. The number of nitrogens with zero attached hydrogens (tertiary/aromatic N) is 3. The van der Waals surface area contributed by atoms with E-state index in [1.165, 1.54) is 17.4 Å². The highest BCUT2D eigenvalue weighted by Gasteiger charge is 2.25.